The Morgan fingerprint density at radius 2 is 2.22 bits per heavy atom. The SMILES string of the molecule is CCNC(C)c1c(F)cccc1OCCC1CC1. The summed E-state index contributed by atoms with van der Waals surface area (Å²) in [5, 5.41) is 3.23. The van der Waals surface area contributed by atoms with Crippen molar-refractivity contribution in [2.45, 2.75) is 39.2 Å². The van der Waals surface area contributed by atoms with Crippen LogP contribution in [-0.4, -0.2) is 13.2 Å². The van der Waals surface area contributed by atoms with Gasteiger partial charge in [-0.15, -0.1) is 0 Å². The number of benzene rings is 1. The molecule has 1 saturated carbocycles. The van der Waals surface area contributed by atoms with Gasteiger partial charge >= 0.3 is 0 Å². The average Bonchev–Trinajstić information content (AvgIpc) is 3.13. The number of ether oxygens (including phenoxy) is 1. The molecule has 1 fully saturated rings. The van der Waals surface area contributed by atoms with Crippen molar-refractivity contribution in [1.29, 1.82) is 0 Å². The fourth-order valence-electron chi connectivity index (χ4n) is 2.21. The van der Waals surface area contributed by atoms with Gasteiger partial charge in [0.2, 0.25) is 0 Å². The van der Waals surface area contributed by atoms with Gasteiger partial charge in [0.05, 0.1) is 6.61 Å². The van der Waals surface area contributed by atoms with Gasteiger partial charge < -0.3 is 10.1 Å². The van der Waals surface area contributed by atoms with Crippen LogP contribution < -0.4 is 10.1 Å². The molecular formula is C15H22FNO. The second kappa shape index (κ2) is 6.19. The molecular weight excluding hydrogens is 229 g/mol. The molecule has 2 nitrogen and oxygen atoms in total. The molecule has 0 saturated heterocycles. The number of hydrogen-bond acceptors (Lipinski definition) is 2. The summed E-state index contributed by atoms with van der Waals surface area (Å²) in [6.07, 6.45) is 3.74. The lowest BCUT2D eigenvalue weighted by Crippen LogP contribution is -2.20. The van der Waals surface area contributed by atoms with Crippen molar-refractivity contribution in [2.75, 3.05) is 13.2 Å². The highest BCUT2D eigenvalue weighted by Gasteiger charge is 2.21. The minimum Gasteiger partial charge on any atom is -0.493 e. The van der Waals surface area contributed by atoms with Crippen molar-refractivity contribution < 1.29 is 9.13 Å². The van der Waals surface area contributed by atoms with Crippen LogP contribution in [0.4, 0.5) is 4.39 Å². The first kappa shape index (κ1) is 13.3. The lowest BCUT2D eigenvalue weighted by atomic mass is 10.1. The first-order valence-electron chi connectivity index (χ1n) is 6.87. The molecule has 0 heterocycles. The number of nitrogens with one attached hydrogen (secondary N) is 1. The van der Waals surface area contributed by atoms with Crippen molar-refractivity contribution in [3.05, 3.63) is 29.6 Å². The van der Waals surface area contributed by atoms with Crippen LogP contribution in [0.2, 0.25) is 0 Å². The van der Waals surface area contributed by atoms with E-state index in [4.69, 9.17) is 4.74 Å². The molecule has 0 aliphatic heterocycles. The predicted molar refractivity (Wildman–Crippen MR) is 71.3 cm³/mol. The first-order valence-corrected chi connectivity index (χ1v) is 6.87. The smallest absolute Gasteiger partial charge is 0.131 e. The van der Waals surface area contributed by atoms with E-state index in [1.165, 1.54) is 18.9 Å². The van der Waals surface area contributed by atoms with Crippen LogP contribution in [-0.2, 0) is 0 Å². The molecule has 0 amide bonds. The van der Waals surface area contributed by atoms with Gasteiger partial charge in [-0.2, -0.15) is 0 Å². The molecule has 2 rings (SSSR count). The van der Waals surface area contributed by atoms with Gasteiger partial charge in [0.1, 0.15) is 11.6 Å². The third kappa shape index (κ3) is 3.45. The van der Waals surface area contributed by atoms with Crippen molar-refractivity contribution >= 4 is 0 Å². The van der Waals surface area contributed by atoms with E-state index < -0.39 is 0 Å². The summed E-state index contributed by atoms with van der Waals surface area (Å²) >= 11 is 0. The van der Waals surface area contributed by atoms with E-state index in [1.54, 1.807) is 6.07 Å². The Morgan fingerprint density at radius 3 is 2.89 bits per heavy atom. The molecule has 1 aromatic rings. The number of rotatable bonds is 7. The van der Waals surface area contributed by atoms with E-state index >= 15 is 0 Å². The maximum Gasteiger partial charge on any atom is 0.131 e. The molecule has 1 aliphatic carbocycles. The van der Waals surface area contributed by atoms with E-state index in [2.05, 4.69) is 5.32 Å². The number of halogens is 1. The third-order valence-electron chi connectivity index (χ3n) is 3.44. The zero-order valence-corrected chi connectivity index (χ0v) is 11.2. The van der Waals surface area contributed by atoms with Crippen LogP contribution in [0.1, 0.15) is 44.7 Å². The topological polar surface area (TPSA) is 21.3 Å². The maximum absolute atomic E-state index is 13.9. The van der Waals surface area contributed by atoms with Gasteiger partial charge in [-0.1, -0.05) is 25.8 Å². The normalized spacial score (nSPS) is 16.6. The van der Waals surface area contributed by atoms with Gasteiger partial charge in [0, 0.05) is 11.6 Å². The van der Waals surface area contributed by atoms with Crippen LogP contribution in [0.15, 0.2) is 18.2 Å². The Morgan fingerprint density at radius 1 is 1.44 bits per heavy atom. The zero-order chi connectivity index (χ0) is 13.0. The molecule has 1 aliphatic rings. The van der Waals surface area contributed by atoms with E-state index in [1.807, 2.05) is 19.9 Å². The van der Waals surface area contributed by atoms with Crippen molar-refractivity contribution in [2.24, 2.45) is 5.92 Å². The van der Waals surface area contributed by atoms with Crippen LogP contribution >= 0.6 is 0 Å². The first-order chi connectivity index (χ1) is 8.72. The monoisotopic (exact) mass is 251 g/mol. The largest absolute Gasteiger partial charge is 0.493 e. The molecule has 1 unspecified atom stereocenters. The molecule has 3 heteroatoms. The predicted octanol–water partition coefficient (Wildman–Crippen LogP) is 3.68. The highest BCUT2D eigenvalue weighted by atomic mass is 19.1. The van der Waals surface area contributed by atoms with Gasteiger partial charge in [-0.05, 0) is 37.9 Å². The average molecular weight is 251 g/mol. The molecule has 0 spiro atoms. The molecule has 0 radical (unpaired) electrons. The zero-order valence-electron chi connectivity index (χ0n) is 11.2. The minimum atomic E-state index is -0.188. The lowest BCUT2D eigenvalue weighted by molar-refractivity contribution is 0.294. The number of hydrogen-bond donors (Lipinski definition) is 1. The Labute approximate surface area is 109 Å². The molecule has 0 bridgehead atoms. The molecule has 1 atom stereocenters. The summed E-state index contributed by atoms with van der Waals surface area (Å²) in [6.45, 7) is 5.50. The maximum atomic E-state index is 13.9. The Bertz CT molecular complexity index is 390. The van der Waals surface area contributed by atoms with Crippen molar-refractivity contribution in [3.8, 4) is 5.75 Å². The van der Waals surface area contributed by atoms with Gasteiger partial charge in [-0.3, -0.25) is 0 Å². The van der Waals surface area contributed by atoms with E-state index in [0.717, 1.165) is 18.9 Å². The van der Waals surface area contributed by atoms with Crippen LogP contribution in [0.3, 0.4) is 0 Å². The molecule has 100 valence electrons. The summed E-state index contributed by atoms with van der Waals surface area (Å²) in [7, 11) is 0. The van der Waals surface area contributed by atoms with Crippen LogP contribution in [0.25, 0.3) is 0 Å². The summed E-state index contributed by atoms with van der Waals surface area (Å²) < 4.78 is 19.7. The minimum absolute atomic E-state index is 0.0212. The highest BCUT2D eigenvalue weighted by molar-refractivity contribution is 5.37. The molecule has 1 N–H and O–H groups in total. The Kier molecular flexibility index (Phi) is 4.59. The van der Waals surface area contributed by atoms with Gasteiger partial charge in [-0.25, -0.2) is 4.39 Å². The van der Waals surface area contributed by atoms with Crippen molar-refractivity contribution in [1.82, 2.24) is 5.32 Å². The van der Waals surface area contributed by atoms with E-state index in [9.17, 15) is 4.39 Å². The van der Waals surface area contributed by atoms with Gasteiger partial charge in [0.15, 0.2) is 0 Å². The second-order valence-corrected chi connectivity index (χ2v) is 5.01. The summed E-state index contributed by atoms with van der Waals surface area (Å²) in [5.74, 6) is 1.34. The standard InChI is InChI=1S/C15H22FNO/c1-3-17-11(2)15-13(16)5-4-6-14(15)18-10-9-12-7-8-12/h4-6,11-12,17H,3,7-10H2,1-2H3. The molecule has 18 heavy (non-hydrogen) atoms. The van der Waals surface area contributed by atoms with E-state index in [-0.39, 0.29) is 11.9 Å². The lowest BCUT2D eigenvalue weighted by Gasteiger charge is -2.18. The van der Waals surface area contributed by atoms with Crippen molar-refractivity contribution in [3.63, 3.8) is 0 Å². The third-order valence-corrected chi connectivity index (χ3v) is 3.44. The molecule has 1 aromatic carbocycles. The summed E-state index contributed by atoms with van der Waals surface area (Å²) in [4.78, 5) is 0. The highest BCUT2D eigenvalue weighted by Crippen LogP contribution is 2.33. The summed E-state index contributed by atoms with van der Waals surface area (Å²) in [6, 6.07) is 5.05. The molecule has 0 aromatic heterocycles. The quantitative estimate of drug-likeness (QED) is 0.798. The van der Waals surface area contributed by atoms with E-state index in [0.29, 0.717) is 17.9 Å². The summed E-state index contributed by atoms with van der Waals surface area (Å²) in [5.41, 5.74) is 0.648. The Hall–Kier alpha value is -1.09. The Balaban J connectivity index is 2.03. The fourth-order valence-corrected chi connectivity index (χ4v) is 2.21. The van der Waals surface area contributed by atoms with Crippen LogP contribution in [0.5, 0.6) is 5.75 Å². The second-order valence-electron chi connectivity index (χ2n) is 5.01. The van der Waals surface area contributed by atoms with Gasteiger partial charge in [0.25, 0.3) is 0 Å². The fraction of sp³-hybridized carbons (Fsp3) is 0.600. The van der Waals surface area contributed by atoms with Crippen LogP contribution in [0, 0.1) is 11.7 Å².